The quantitative estimate of drug-likeness (QED) is 0.726. The van der Waals surface area contributed by atoms with Crippen LogP contribution >= 0.6 is 11.6 Å². The molecule has 1 aromatic rings. The topological polar surface area (TPSA) is 38.8 Å². The number of carbonyl (C=O) groups is 1. The summed E-state index contributed by atoms with van der Waals surface area (Å²) in [6.07, 6.45) is 0.770. The first-order valence-electron chi connectivity index (χ1n) is 6.63. The number of amides is 1. The lowest BCUT2D eigenvalue weighted by atomic mass is 10.1. The van der Waals surface area contributed by atoms with E-state index in [1.54, 1.807) is 37.3 Å². The van der Waals surface area contributed by atoms with Crippen molar-refractivity contribution < 1.29 is 14.3 Å². The molecule has 0 bridgehead atoms. The van der Waals surface area contributed by atoms with Gasteiger partial charge in [-0.15, -0.1) is 11.6 Å². The molecule has 0 radical (unpaired) electrons. The molecule has 0 saturated carbocycles. The number of nitrogens with zero attached hydrogens (tertiary/aromatic N) is 1. The monoisotopic (exact) mass is 299 g/mol. The third-order valence-electron chi connectivity index (χ3n) is 3.02. The lowest BCUT2D eigenvalue weighted by molar-refractivity contribution is 0.0705. The van der Waals surface area contributed by atoms with Gasteiger partial charge >= 0.3 is 0 Å². The van der Waals surface area contributed by atoms with Crippen molar-refractivity contribution in [2.24, 2.45) is 0 Å². The van der Waals surface area contributed by atoms with E-state index in [1.165, 1.54) is 0 Å². The molecule has 0 atom stereocenters. The molecule has 0 aliphatic carbocycles. The van der Waals surface area contributed by atoms with E-state index in [2.05, 4.69) is 0 Å². The standard InChI is InChI=1S/C15H22ClNO3/c1-11(2)17(7-5-6-16)15(18)12-8-13(19-3)10-14(9-12)20-4/h8-11H,5-7H2,1-4H3. The highest BCUT2D eigenvalue weighted by Crippen LogP contribution is 2.24. The van der Waals surface area contributed by atoms with E-state index >= 15 is 0 Å². The molecule has 0 aliphatic heterocycles. The van der Waals surface area contributed by atoms with Crippen LogP contribution in [0.25, 0.3) is 0 Å². The molecule has 0 spiro atoms. The van der Waals surface area contributed by atoms with E-state index in [0.29, 0.717) is 29.5 Å². The fraction of sp³-hybridized carbons (Fsp3) is 0.533. The van der Waals surface area contributed by atoms with Gasteiger partial charge in [-0.1, -0.05) is 0 Å². The summed E-state index contributed by atoms with van der Waals surface area (Å²) in [7, 11) is 3.13. The fourth-order valence-corrected chi connectivity index (χ4v) is 2.04. The van der Waals surface area contributed by atoms with Crippen molar-refractivity contribution in [2.75, 3.05) is 26.6 Å². The zero-order chi connectivity index (χ0) is 15.1. The van der Waals surface area contributed by atoms with Gasteiger partial charge in [0, 0.05) is 30.1 Å². The highest BCUT2D eigenvalue weighted by atomic mass is 35.5. The van der Waals surface area contributed by atoms with Crippen molar-refractivity contribution in [2.45, 2.75) is 26.3 Å². The molecule has 0 fully saturated rings. The smallest absolute Gasteiger partial charge is 0.254 e. The maximum Gasteiger partial charge on any atom is 0.254 e. The van der Waals surface area contributed by atoms with Gasteiger partial charge in [-0.3, -0.25) is 4.79 Å². The summed E-state index contributed by atoms with van der Waals surface area (Å²) in [5.41, 5.74) is 0.560. The predicted molar refractivity (Wildman–Crippen MR) is 81.1 cm³/mol. The summed E-state index contributed by atoms with van der Waals surface area (Å²) in [5.74, 6) is 1.71. The summed E-state index contributed by atoms with van der Waals surface area (Å²) >= 11 is 5.72. The number of carbonyl (C=O) groups excluding carboxylic acids is 1. The minimum absolute atomic E-state index is 0.0395. The molecule has 0 aliphatic rings. The molecule has 5 heteroatoms. The van der Waals surface area contributed by atoms with Crippen LogP contribution in [0.4, 0.5) is 0 Å². The number of halogens is 1. The van der Waals surface area contributed by atoms with Crippen molar-refractivity contribution in [3.05, 3.63) is 23.8 Å². The Kier molecular flexibility index (Phi) is 6.65. The van der Waals surface area contributed by atoms with Crippen LogP contribution in [-0.2, 0) is 0 Å². The number of ether oxygens (including phenoxy) is 2. The molecule has 4 nitrogen and oxygen atoms in total. The van der Waals surface area contributed by atoms with Gasteiger partial charge in [-0.05, 0) is 32.4 Å². The van der Waals surface area contributed by atoms with Gasteiger partial charge in [-0.25, -0.2) is 0 Å². The highest BCUT2D eigenvalue weighted by molar-refractivity contribution is 6.17. The summed E-state index contributed by atoms with van der Waals surface area (Å²) in [4.78, 5) is 14.4. The van der Waals surface area contributed by atoms with Gasteiger partial charge in [0.1, 0.15) is 11.5 Å². The Labute approximate surface area is 125 Å². The van der Waals surface area contributed by atoms with Gasteiger partial charge in [0.2, 0.25) is 0 Å². The van der Waals surface area contributed by atoms with Crippen molar-refractivity contribution in [3.63, 3.8) is 0 Å². The molecular weight excluding hydrogens is 278 g/mol. The molecule has 0 saturated heterocycles. The fourth-order valence-electron chi connectivity index (χ4n) is 1.92. The zero-order valence-corrected chi connectivity index (χ0v) is 13.2. The maximum absolute atomic E-state index is 12.6. The van der Waals surface area contributed by atoms with Gasteiger partial charge in [0.25, 0.3) is 5.91 Å². The van der Waals surface area contributed by atoms with E-state index in [-0.39, 0.29) is 11.9 Å². The van der Waals surface area contributed by atoms with E-state index in [1.807, 2.05) is 13.8 Å². The second-order valence-corrected chi connectivity index (χ2v) is 5.11. The molecule has 0 heterocycles. The molecule has 1 aromatic carbocycles. The first-order chi connectivity index (χ1) is 9.53. The normalized spacial score (nSPS) is 10.5. The Morgan fingerprint density at radius 3 is 2.15 bits per heavy atom. The molecule has 112 valence electrons. The zero-order valence-electron chi connectivity index (χ0n) is 12.5. The minimum atomic E-state index is -0.0395. The third kappa shape index (κ3) is 4.30. The first-order valence-corrected chi connectivity index (χ1v) is 7.17. The summed E-state index contributed by atoms with van der Waals surface area (Å²) in [6, 6.07) is 5.31. The lowest BCUT2D eigenvalue weighted by Gasteiger charge is -2.27. The molecular formula is C15H22ClNO3. The van der Waals surface area contributed by atoms with Crippen LogP contribution in [0.1, 0.15) is 30.6 Å². The van der Waals surface area contributed by atoms with Crippen LogP contribution in [0.2, 0.25) is 0 Å². The summed E-state index contributed by atoms with van der Waals surface area (Å²) < 4.78 is 10.4. The predicted octanol–water partition coefficient (Wildman–Crippen LogP) is 3.18. The molecule has 0 unspecified atom stereocenters. The lowest BCUT2D eigenvalue weighted by Crippen LogP contribution is -2.37. The number of benzene rings is 1. The highest BCUT2D eigenvalue weighted by Gasteiger charge is 2.19. The van der Waals surface area contributed by atoms with Gasteiger partial charge in [-0.2, -0.15) is 0 Å². The van der Waals surface area contributed by atoms with E-state index < -0.39 is 0 Å². The molecule has 0 N–H and O–H groups in total. The van der Waals surface area contributed by atoms with Crippen LogP contribution in [0.5, 0.6) is 11.5 Å². The van der Waals surface area contributed by atoms with Crippen molar-refractivity contribution >= 4 is 17.5 Å². The number of methoxy groups -OCH3 is 2. The van der Waals surface area contributed by atoms with Crippen molar-refractivity contribution in [3.8, 4) is 11.5 Å². The van der Waals surface area contributed by atoms with E-state index in [4.69, 9.17) is 21.1 Å². The average molecular weight is 300 g/mol. The molecule has 1 amide bonds. The van der Waals surface area contributed by atoms with Crippen LogP contribution in [0.15, 0.2) is 18.2 Å². The van der Waals surface area contributed by atoms with Crippen molar-refractivity contribution in [1.29, 1.82) is 0 Å². The number of hydrogen-bond acceptors (Lipinski definition) is 3. The number of alkyl halides is 1. The largest absolute Gasteiger partial charge is 0.497 e. The summed E-state index contributed by atoms with van der Waals surface area (Å²) in [5, 5.41) is 0. The average Bonchev–Trinajstić information content (AvgIpc) is 2.46. The van der Waals surface area contributed by atoms with E-state index in [0.717, 1.165) is 6.42 Å². The van der Waals surface area contributed by atoms with Gasteiger partial charge in [0.15, 0.2) is 0 Å². The third-order valence-corrected chi connectivity index (χ3v) is 3.28. The summed E-state index contributed by atoms with van der Waals surface area (Å²) in [6.45, 7) is 4.62. The van der Waals surface area contributed by atoms with Crippen LogP contribution in [0, 0.1) is 0 Å². The first kappa shape index (κ1) is 16.6. The molecule has 1 rings (SSSR count). The van der Waals surface area contributed by atoms with Gasteiger partial charge in [0.05, 0.1) is 14.2 Å². The Bertz CT molecular complexity index is 426. The number of hydrogen-bond donors (Lipinski definition) is 0. The number of rotatable bonds is 7. The van der Waals surface area contributed by atoms with Crippen LogP contribution < -0.4 is 9.47 Å². The Balaban J connectivity index is 3.04. The SMILES string of the molecule is COc1cc(OC)cc(C(=O)N(CCCCl)C(C)C)c1. The van der Waals surface area contributed by atoms with E-state index in [9.17, 15) is 4.79 Å². The molecule has 20 heavy (non-hydrogen) atoms. The Hall–Kier alpha value is -1.42. The second kappa shape index (κ2) is 8.00. The van der Waals surface area contributed by atoms with Gasteiger partial charge < -0.3 is 14.4 Å². The Morgan fingerprint density at radius 1 is 1.20 bits per heavy atom. The van der Waals surface area contributed by atoms with Crippen LogP contribution in [-0.4, -0.2) is 43.5 Å². The Morgan fingerprint density at radius 2 is 1.75 bits per heavy atom. The maximum atomic E-state index is 12.6. The van der Waals surface area contributed by atoms with Crippen LogP contribution in [0.3, 0.4) is 0 Å². The molecule has 0 aromatic heterocycles. The minimum Gasteiger partial charge on any atom is -0.497 e. The second-order valence-electron chi connectivity index (χ2n) is 4.74. The van der Waals surface area contributed by atoms with Crippen molar-refractivity contribution in [1.82, 2.24) is 4.90 Å².